The van der Waals surface area contributed by atoms with Crippen LogP contribution in [0.2, 0.25) is 0 Å². The minimum atomic E-state index is -1.07. The monoisotopic (exact) mass is 660 g/mol. The first-order valence-electron chi connectivity index (χ1n) is 17.5. The summed E-state index contributed by atoms with van der Waals surface area (Å²) >= 11 is 0. The van der Waals surface area contributed by atoms with Crippen molar-refractivity contribution in [1.82, 2.24) is 0 Å². The molecule has 260 valence electrons. The summed E-state index contributed by atoms with van der Waals surface area (Å²) in [4.78, 5) is 37.3. The zero-order valence-electron chi connectivity index (χ0n) is 28.9. The predicted octanol–water partition coefficient (Wildman–Crippen LogP) is 9.39. The summed E-state index contributed by atoms with van der Waals surface area (Å²) in [5.74, 6) is -0.736. The molecular formula is C40H52O8. The maximum atomic E-state index is 12.7. The van der Waals surface area contributed by atoms with Crippen molar-refractivity contribution < 1.29 is 38.1 Å². The number of hydrogen-bond donors (Lipinski definition) is 0. The molecule has 8 nitrogen and oxygen atoms in total. The van der Waals surface area contributed by atoms with Crippen molar-refractivity contribution >= 4 is 17.9 Å². The lowest BCUT2D eigenvalue weighted by Crippen LogP contribution is -2.27. The van der Waals surface area contributed by atoms with Crippen LogP contribution in [0, 0.1) is 0 Å². The zero-order valence-corrected chi connectivity index (χ0v) is 28.9. The first-order chi connectivity index (χ1) is 23.4. The van der Waals surface area contributed by atoms with Crippen molar-refractivity contribution in [2.75, 3.05) is 26.4 Å². The summed E-state index contributed by atoms with van der Waals surface area (Å²) in [5.41, 5.74) is 2.59. The van der Waals surface area contributed by atoms with Crippen LogP contribution in [-0.4, -0.2) is 50.4 Å². The Morgan fingerprint density at radius 3 is 1.67 bits per heavy atom. The first-order valence-corrected chi connectivity index (χ1v) is 17.5. The average Bonchev–Trinajstić information content (AvgIpc) is 3.11. The second-order valence-electron chi connectivity index (χ2n) is 11.9. The van der Waals surface area contributed by atoms with E-state index in [-0.39, 0.29) is 24.5 Å². The van der Waals surface area contributed by atoms with Gasteiger partial charge < -0.3 is 23.7 Å². The van der Waals surface area contributed by atoms with E-state index in [1.165, 1.54) is 89.0 Å². The number of hydrogen-bond acceptors (Lipinski definition) is 8. The van der Waals surface area contributed by atoms with E-state index >= 15 is 0 Å². The molecular weight excluding hydrogens is 608 g/mol. The smallest absolute Gasteiger partial charge is 0.347 e. The molecule has 0 fully saturated rings. The molecule has 0 N–H and O–H groups in total. The van der Waals surface area contributed by atoms with E-state index < -0.39 is 24.0 Å². The highest BCUT2D eigenvalue weighted by atomic mass is 16.6. The fourth-order valence-electron chi connectivity index (χ4n) is 4.99. The number of unbranched alkanes of at least 4 members (excludes halogenated alkanes) is 9. The highest BCUT2D eigenvalue weighted by molar-refractivity contribution is 5.93. The Balaban J connectivity index is 1.37. The van der Waals surface area contributed by atoms with Crippen LogP contribution >= 0.6 is 0 Å². The van der Waals surface area contributed by atoms with Crippen LogP contribution in [0.3, 0.4) is 0 Å². The number of carbonyl (C=O) groups is 3. The van der Waals surface area contributed by atoms with Crippen molar-refractivity contribution in [1.29, 1.82) is 0 Å². The summed E-state index contributed by atoms with van der Waals surface area (Å²) in [6, 6.07) is 21.1. The van der Waals surface area contributed by atoms with Crippen LogP contribution in [0.1, 0.15) is 112 Å². The summed E-state index contributed by atoms with van der Waals surface area (Å²) < 4.78 is 26.9. The molecule has 8 heteroatoms. The Labute approximate surface area is 286 Å². The summed E-state index contributed by atoms with van der Waals surface area (Å²) in [5, 5.41) is 0. The lowest BCUT2D eigenvalue weighted by Gasteiger charge is -2.13. The van der Waals surface area contributed by atoms with Gasteiger partial charge >= 0.3 is 17.9 Å². The molecule has 1 atom stereocenters. The fraction of sp³-hybridized carbons (Fsp3) is 0.475. The minimum absolute atomic E-state index is 0.0889. The van der Waals surface area contributed by atoms with Crippen molar-refractivity contribution in [2.24, 2.45) is 0 Å². The van der Waals surface area contributed by atoms with Crippen molar-refractivity contribution in [2.45, 2.75) is 97.5 Å². The van der Waals surface area contributed by atoms with Gasteiger partial charge in [0.1, 0.15) is 18.1 Å². The highest BCUT2D eigenvalue weighted by Crippen LogP contribution is 2.24. The van der Waals surface area contributed by atoms with E-state index in [2.05, 4.69) is 6.92 Å². The molecule has 0 aliphatic rings. The first kappa shape index (κ1) is 38.3. The van der Waals surface area contributed by atoms with Crippen molar-refractivity contribution in [3.63, 3.8) is 0 Å². The number of benzene rings is 3. The van der Waals surface area contributed by atoms with Crippen molar-refractivity contribution in [3.05, 3.63) is 83.9 Å². The second kappa shape index (κ2) is 22.4. The number of rotatable bonds is 23. The fourth-order valence-corrected chi connectivity index (χ4v) is 4.99. The summed E-state index contributed by atoms with van der Waals surface area (Å²) in [6.45, 7) is 7.37. The van der Waals surface area contributed by atoms with Gasteiger partial charge in [0.2, 0.25) is 0 Å². The molecule has 0 amide bonds. The van der Waals surface area contributed by atoms with Crippen molar-refractivity contribution in [3.8, 4) is 22.6 Å². The van der Waals surface area contributed by atoms with Crippen LogP contribution in [0.15, 0.2) is 72.8 Å². The van der Waals surface area contributed by atoms with Gasteiger partial charge in [-0.15, -0.1) is 0 Å². The van der Waals surface area contributed by atoms with Crippen LogP contribution in [-0.2, 0) is 19.0 Å². The summed E-state index contributed by atoms with van der Waals surface area (Å²) in [6.07, 6.45) is 12.8. The molecule has 48 heavy (non-hydrogen) atoms. The van der Waals surface area contributed by atoms with Gasteiger partial charge in [-0.25, -0.2) is 14.4 Å². The lowest BCUT2D eigenvalue weighted by atomic mass is 10.0. The molecule has 3 rings (SSSR count). The highest BCUT2D eigenvalue weighted by Gasteiger charge is 2.20. The Morgan fingerprint density at radius 2 is 1.06 bits per heavy atom. The third-order valence-corrected chi connectivity index (χ3v) is 7.81. The molecule has 0 aliphatic heterocycles. The molecule has 0 radical (unpaired) electrons. The standard InChI is InChI=1S/C40H52O8/c1-4-6-7-8-9-10-11-12-13-14-28-45-36-23-19-33(20-24-36)32-15-17-34(18-16-32)40(43)48-37-25-21-35(22-26-37)39(42)47-31(3)38(41)46-30-29-44-27-5-2/h15-26,31H,4-14,27-30H2,1-3H3. The molecule has 1 unspecified atom stereocenters. The SMILES string of the molecule is CCCCCCCCCCCCOc1ccc(-c2ccc(C(=O)Oc3ccc(C(=O)OC(C)C(=O)OCCOCCC)cc3)cc2)cc1. The molecule has 0 saturated heterocycles. The van der Waals surface area contributed by atoms with E-state index in [9.17, 15) is 14.4 Å². The maximum absolute atomic E-state index is 12.7. The van der Waals surface area contributed by atoms with Gasteiger partial charge in [0.05, 0.1) is 24.3 Å². The molecule has 0 spiro atoms. The molecule has 0 heterocycles. The third-order valence-electron chi connectivity index (χ3n) is 7.81. The molecule has 0 aromatic heterocycles. The predicted molar refractivity (Wildman–Crippen MR) is 188 cm³/mol. The van der Waals surface area contributed by atoms with Gasteiger partial charge in [0, 0.05) is 6.61 Å². The van der Waals surface area contributed by atoms with Crippen LogP contribution < -0.4 is 9.47 Å². The van der Waals surface area contributed by atoms with E-state index in [1.807, 2.05) is 43.3 Å². The molecule has 0 bridgehead atoms. The number of ether oxygens (including phenoxy) is 5. The maximum Gasteiger partial charge on any atom is 0.347 e. The van der Waals surface area contributed by atoms with Gasteiger partial charge in [-0.2, -0.15) is 0 Å². The molecule has 0 aliphatic carbocycles. The molecule has 3 aromatic rings. The number of carbonyl (C=O) groups excluding carboxylic acids is 3. The van der Waals surface area contributed by atoms with Gasteiger partial charge in [0.25, 0.3) is 0 Å². The van der Waals surface area contributed by atoms with Crippen LogP contribution in [0.25, 0.3) is 11.1 Å². The van der Waals surface area contributed by atoms with E-state index in [4.69, 9.17) is 23.7 Å². The Hall–Kier alpha value is -4.17. The lowest BCUT2D eigenvalue weighted by molar-refractivity contribution is -0.154. The van der Waals surface area contributed by atoms with Gasteiger partial charge in [-0.1, -0.05) is 95.9 Å². The van der Waals surface area contributed by atoms with Gasteiger partial charge in [-0.3, -0.25) is 0 Å². The Bertz CT molecular complexity index is 1350. The Morgan fingerprint density at radius 1 is 0.542 bits per heavy atom. The summed E-state index contributed by atoms with van der Waals surface area (Å²) in [7, 11) is 0. The van der Waals surface area contributed by atoms with Gasteiger partial charge in [0.15, 0.2) is 6.10 Å². The van der Waals surface area contributed by atoms with E-state index in [1.54, 1.807) is 12.1 Å². The topological polar surface area (TPSA) is 97.4 Å². The Kier molecular flexibility index (Phi) is 17.9. The van der Waals surface area contributed by atoms with E-state index in [0.717, 1.165) is 36.3 Å². The second-order valence-corrected chi connectivity index (χ2v) is 11.9. The normalized spacial score (nSPS) is 11.5. The largest absolute Gasteiger partial charge is 0.494 e. The quantitative estimate of drug-likeness (QED) is 0.0564. The number of esters is 3. The molecule has 0 saturated carbocycles. The van der Waals surface area contributed by atoms with E-state index in [0.29, 0.717) is 12.2 Å². The average molecular weight is 661 g/mol. The van der Waals surface area contributed by atoms with Crippen LogP contribution in [0.5, 0.6) is 11.5 Å². The zero-order chi connectivity index (χ0) is 34.4. The molecule has 3 aromatic carbocycles. The third kappa shape index (κ3) is 14.3. The minimum Gasteiger partial charge on any atom is -0.494 e. The van der Waals surface area contributed by atoms with Gasteiger partial charge in [-0.05, 0) is 79.4 Å². The van der Waals surface area contributed by atoms with Crippen LogP contribution in [0.4, 0.5) is 0 Å².